The third-order valence-electron chi connectivity index (χ3n) is 3.37. The van der Waals surface area contributed by atoms with Crippen molar-refractivity contribution >= 4 is 27.5 Å². The second-order valence-corrected chi connectivity index (χ2v) is 7.11. The minimum absolute atomic E-state index is 0.000764. The van der Waals surface area contributed by atoms with Crippen LogP contribution in [0.15, 0.2) is 28.8 Å². The van der Waals surface area contributed by atoms with Gasteiger partial charge in [0.15, 0.2) is 5.76 Å². The summed E-state index contributed by atoms with van der Waals surface area (Å²) in [4.78, 5) is 10.8. The summed E-state index contributed by atoms with van der Waals surface area (Å²) in [6.45, 7) is 3.19. The Hall–Kier alpha value is -2.55. The zero-order chi connectivity index (χ0) is 17.2. The highest BCUT2D eigenvalue weighted by Crippen LogP contribution is 2.32. The van der Waals surface area contributed by atoms with Gasteiger partial charge in [0.25, 0.3) is 0 Å². The molecule has 2 rings (SSSR count). The Balaban J connectivity index is 2.36. The summed E-state index contributed by atoms with van der Waals surface area (Å²) in [6.07, 6.45) is -1.22. The fraction of sp³-hybridized carbons (Fsp3) is 0.286. The summed E-state index contributed by atoms with van der Waals surface area (Å²) < 4.78 is 30.1. The molecule has 0 atom stereocenters. The standard InChI is InChI=1S/C14H17N3O5S/c1-4-23(20,21)17(3)11-7-5-10(6-8-11)13-12(15-14(18)19)9(2)16-22-13/h5-8,15H,4H2,1-3H3,(H,18,19). The number of aryl methyl sites for hydroxylation is 1. The summed E-state index contributed by atoms with van der Waals surface area (Å²) >= 11 is 0. The molecule has 0 spiro atoms. The van der Waals surface area contributed by atoms with Crippen LogP contribution in [0.3, 0.4) is 0 Å². The van der Waals surface area contributed by atoms with E-state index in [2.05, 4.69) is 10.5 Å². The van der Waals surface area contributed by atoms with Crippen LogP contribution in [0.1, 0.15) is 12.6 Å². The fourth-order valence-electron chi connectivity index (χ4n) is 2.00. The van der Waals surface area contributed by atoms with E-state index in [0.29, 0.717) is 16.9 Å². The van der Waals surface area contributed by atoms with E-state index in [4.69, 9.17) is 9.63 Å². The Labute approximate surface area is 133 Å². The first kappa shape index (κ1) is 16.8. The first-order valence-electron chi connectivity index (χ1n) is 6.79. The second kappa shape index (κ2) is 6.29. The number of nitrogens with zero attached hydrogens (tertiary/aromatic N) is 2. The van der Waals surface area contributed by atoms with E-state index in [1.165, 1.54) is 11.4 Å². The minimum atomic E-state index is -3.34. The van der Waals surface area contributed by atoms with Gasteiger partial charge in [-0.2, -0.15) is 0 Å². The van der Waals surface area contributed by atoms with Crippen molar-refractivity contribution in [3.05, 3.63) is 30.0 Å². The highest BCUT2D eigenvalue weighted by Gasteiger charge is 2.19. The van der Waals surface area contributed by atoms with E-state index < -0.39 is 16.1 Å². The van der Waals surface area contributed by atoms with Gasteiger partial charge in [0, 0.05) is 12.6 Å². The summed E-state index contributed by atoms with van der Waals surface area (Å²) in [5.41, 5.74) is 1.76. The Morgan fingerprint density at radius 1 is 1.35 bits per heavy atom. The summed E-state index contributed by atoms with van der Waals surface area (Å²) in [5, 5.41) is 14.9. The van der Waals surface area contributed by atoms with Crippen molar-refractivity contribution in [2.45, 2.75) is 13.8 Å². The molecule has 0 aliphatic heterocycles. The van der Waals surface area contributed by atoms with E-state index in [9.17, 15) is 13.2 Å². The zero-order valence-electron chi connectivity index (χ0n) is 12.9. The van der Waals surface area contributed by atoms with Crippen molar-refractivity contribution in [3.63, 3.8) is 0 Å². The van der Waals surface area contributed by atoms with E-state index >= 15 is 0 Å². The van der Waals surface area contributed by atoms with Gasteiger partial charge in [0.1, 0.15) is 11.4 Å². The lowest BCUT2D eigenvalue weighted by Crippen LogP contribution is -2.27. The van der Waals surface area contributed by atoms with E-state index in [1.807, 2.05) is 0 Å². The molecule has 0 unspecified atom stereocenters. The summed E-state index contributed by atoms with van der Waals surface area (Å²) in [6, 6.07) is 6.52. The molecule has 2 N–H and O–H groups in total. The van der Waals surface area contributed by atoms with Crippen LogP contribution in [0.2, 0.25) is 0 Å². The number of aromatic nitrogens is 1. The SMILES string of the molecule is CCS(=O)(=O)N(C)c1ccc(-c2onc(C)c2NC(=O)O)cc1. The summed E-state index contributed by atoms with van der Waals surface area (Å²) in [7, 11) is -1.87. The number of benzene rings is 1. The van der Waals surface area contributed by atoms with Gasteiger partial charge in [0.2, 0.25) is 10.0 Å². The molecule has 0 fully saturated rings. The lowest BCUT2D eigenvalue weighted by atomic mass is 10.1. The highest BCUT2D eigenvalue weighted by atomic mass is 32.2. The van der Waals surface area contributed by atoms with Crippen LogP contribution in [-0.2, 0) is 10.0 Å². The molecule has 0 saturated carbocycles. The number of hydrogen-bond acceptors (Lipinski definition) is 5. The number of anilines is 2. The van der Waals surface area contributed by atoms with Gasteiger partial charge >= 0.3 is 6.09 Å². The third kappa shape index (κ3) is 3.45. The van der Waals surface area contributed by atoms with E-state index in [1.54, 1.807) is 38.1 Å². The molecule has 0 saturated heterocycles. The molecular formula is C14H17N3O5S. The van der Waals surface area contributed by atoms with Gasteiger partial charge in [-0.1, -0.05) is 5.16 Å². The molecule has 124 valence electrons. The van der Waals surface area contributed by atoms with Gasteiger partial charge in [-0.15, -0.1) is 0 Å². The Morgan fingerprint density at radius 3 is 2.48 bits per heavy atom. The Morgan fingerprint density at radius 2 is 1.96 bits per heavy atom. The number of rotatable bonds is 5. The predicted molar refractivity (Wildman–Crippen MR) is 86.2 cm³/mol. The van der Waals surface area contributed by atoms with Gasteiger partial charge in [-0.05, 0) is 38.1 Å². The van der Waals surface area contributed by atoms with Gasteiger partial charge < -0.3 is 9.63 Å². The minimum Gasteiger partial charge on any atom is -0.465 e. The molecule has 1 aromatic carbocycles. The lowest BCUT2D eigenvalue weighted by molar-refractivity contribution is 0.209. The van der Waals surface area contributed by atoms with Crippen LogP contribution in [0.25, 0.3) is 11.3 Å². The Bertz CT molecular complexity index is 811. The number of carbonyl (C=O) groups is 1. The topological polar surface area (TPSA) is 113 Å². The van der Waals surface area contributed by atoms with E-state index in [0.717, 1.165) is 0 Å². The maximum atomic E-state index is 11.9. The monoisotopic (exact) mass is 339 g/mol. The first-order chi connectivity index (χ1) is 10.8. The molecule has 2 aromatic rings. The number of nitrogens with one attached hydrogen (secondary N) is 1. The maximum absolute atomic E-state index is 11.9. The van der Waals surface area contributed by atoms with Crippen molar-refractivity contribution in [1.29, 1.82) is 0 Å². The number of sulfonamides is 1. The predicted octanol–water partition coefficient (Wildman–Crippen LogP) is 2.53. The molecular weight excluding hydrogens is 322 g/mol. The van der Waals surface area contributed by atoms with Crippen LogP contribution in [0.4, 0.5) is 16.2 Å². The van der Waals surface area contributed by atoms with Crippen LogP contribution >= 0.6 is 0 Å². The van der Waals surface area contributed by atoms with Crippen molar-refractivity contribution in [2.24, 2.45) is 0 Å². The van der Waals surface area contributed by atoms with Gasteiger partial charge in [-0.3, -0.25) is 9.62 Å². The van der Waals surface area contributed by atoms with Crippen molar-refractivity contribution in [2.75, 3.05) is 22.4 Å². The smallest absolute Gasteiger partial charge is 0.409 e. The third-order valence-corrected chi connectivity index (χ3v) is 5.14. The van der Waals surface area contributed by atoms with Crippen LogP contribution in [0, 0.1) is 6.92 Å². The Kier molecular flexibility index (Phi) is 4.60. The number of hydrogen-bond donors (Lipinski definition) is 2. The molecule has 23 heavy (non-hydrogen) atoms. The van der Waals surface area contributed by atoms with Crippen LogP contribution in [-0.4, -0.2) is 37.6 Å². The lowest BCUT2D eigenvalue weighted by Gasteiger charge is -2.18. The molecule has 0 bridgehead atoms. The number of carboxylic acid groups (broad SMARTS) is 1. The molecule has 1 heterocycles. The fourth-order valence-corrected chi connectivity index (χ4v) is 2.83. The van der Waals surface area contributed by atoms with Crippen LogP contribution < -0.4 is 9.62 Å². The molecule has 1 amide bonds. The zero-order valence-corrected chi connectivity index (χ0v) is 13.7. The molecule has 0 radical (unpaired) electrons. The van der Waals surface area contributed by atoms with E-state index in [-0.39, 0.29) is 17.2 Å². The highest BCUT2D eigenvalue weighted by molar-refractivity contribution is 7.92. The quantitative estimate of drug-likeness (QED) is 0.865. The molecule has 1 aromatic heterocycles. The normalized spacial score (nSPS) is 11.3. The summed E-state index contributed by atoms with van der Waals surface area (Å²) in [5.74, 6) is 0.275. The molecule has 0 aliphatic rings. The van der Waals surface area contributed by atoms with Crippen molar-refractivity contribution in [3.8, 4) is 11.3 Å². The average Bonchev–Trinajstić information content (AvgIpc) is 2.87. The molecule has 9 heteroatoms. The van der Waals surface area contributed by atoms with Gasteiger partial charge in [-0.25, -0.2) is 13.2 Å². The molecule has 8 nitrogen and oxygen atoms in total. The maximum Gasteiger partial charge on any atom is 0.409 e. The second-order valence-electron chi connectivity index (χ2n) is 4.82. The van der Waals surface area contributed by atoms with Crippen LogP contribution in [0.5, 0.6) is 0 Å². The van der Waals surface area contributed by atoms with Crippen molar-refractivity contribution in [1.82, 2.24) is 5.16 Å². The largest absolute Gasteiger partial charge is 0.465 e. The number of amides is 1. The molecule has 0 aliphatic carbocycles. The van der Waals surface area contributed by atoms with Gasteiger partial charge in [0.05, 0.1) is 11.4 Å². The van der Waals surface area contributed by atoms with Crippen molar-refractivity contribution < 1.29 is 22.8 Å². The average molecular weight is 339 g/mol. The first-order valence-corrected chi connectivity index (χ1v) is 8.40.